The number of benzene rings is 2. The molecular formula is C18H18N2O4S. The van der Waals surface area contributed by atoms with Gasteiger partial charge < -0.3 is 4.74 Å². The third-order valence-electron chi connectivity index (χ3n) is 3.49. The van der Waals surface area contributed by atoms with Crippen molar-refractivity contribution in [3.8, 4) is 6.07 Å². The molecule has 0 amide bonds. The predicted octanol–water partition coefficient (Wildman–Crippen LogP) is 2.54. The molecule has 25 heavy (non-hydrogen) atoms. The average Bonchev–Trinajstić information content (AvgIpc) is 2.61. The predicted molar refractivity (Wildman–Crippen MR) is 92.1 cm³/mol. The van der Waals surface area contributed by atoms with E-state index in [1.165, 1.54) is 25.1 Å². The number of nitrogens with one attached hydrogen (secondary N) is 1. The summed E-state index contributed by atoms with van der Waals surface area (Å²) in [6, 6.07) is 15.2. The van der Waals surface area contributed by atoms with Gasteiger partial charge in [-0.2, -0.15) is 5.26 Å². The molecule has 0 saturated heterocycles. The maximum atomic E-state index is 12.6. The van der Waals surface area contributed by atoms with E-state index < -0.39 is 22.1 Å². The molecule has 0 aliphatic heterocycles. The lowest BCUT2D eigenvalue weighted by atomic mass is 10.1. The zero-order valence-corrected chi connectivity index (χ0v) is 14.7. The molecule has 0 aliphatic carbocycles. The van der Waals surface area contributed by atoms with Crippen molar-refractivity contribution in [3.63, 3.8) is 0 Å². The van der Waals surface area contributed by atoms with E-state index in [-0.39, 0.29) is 17.0 Å². The minimum atomic E-state index is -3.80. The maximum absolute atomic E-state index is 12.6. The molecule has 1 atom stereocenters. The molecule has 2 rings (SSSR count). The fraction of sp³-hybridized carbons (Fsp3) is 0.222. The maximum Gasteiger partial charge on any atom is 0.339 e. The van der Waals surface area contributed by atoms with E-state index in [9.17, 15) is 13.2 Å². The van der Waals surface area contributed by atoms with Crippen molar-refractivity contribution in [2.75, 3.05) is 0 Å². The first-order chi connectivity index (χ1) is 11.8. The van der Waals surface area contributed by atoms with E-state index in [1.54, 1.807) is 13.0 Å². The van der Waals surface area contributed by atoms with Crippen LogP contribution in [-0.2, 0) is 21.3 Å². The number of sulfonamides is 1. The highest BCUT2D eigenvalue weighted by molar-refractivity contribution is 7.89. The molecule has 0 bridgehead atoms. The first kappa shape index (κ1) is 18.6. The summed E-state index contributed by atoms with van der Waals surface area (Å²) in [7, 11) is -3.80. The molecule has 6 nitrogen and oxygen atoms in total. The number of carbonyl (C=O) groups is 1. The zero-order valence-electron chi connectivity index (χ0n) is 13.9. The van der Waals surface area contributed by atoms with Crippen LogP contribution in [-0.4, -0.2) is 20.5 Å². The van der Waals surface area contributed by atoms with Crippen molar-refractivity contribution >= 4 is 16.0 Å². The van der Waals surface area contributed by atoms with Gasteiger partial charge in [0.05, 0.1) is 10.5 Å². The Morgan fingerprint density at radius 3 is 2.56 bits per heavy atom. The molecule has 2 aromatic rings. The Morgan fingerprint density at radius 1 is 1.24 bits per heavy atom. The molecule has 130 valence electrons. The van der Waals surface area contributed by atoms with Crippen LogP contribution < -0.4 is 4.72 Å². The summed E-state index contributed by atoms with van der Waals surface area (Å²) in [6.07, 6.45) is -0.912. The number of hydrogen-bond acceptors (Lipinski definition) is 5. The van der Waals surface area contributed by atoms with E-state index in [1.807, 2.05) is 30.3 Å². The van der Waals surface area contributed by atoms with Gasteiger partial charge in [-0.3, -0.25) is 0 Å². The largest absolute Gasteiger partial charge is 0.444 e. The minimum Gasteiger partial charge on any atom is -0.444 e. The van der Waals surface area contributed by atoms with Crippen molar-refractivity contribution in [2.45, 2.75) is 31.4 Å². The molecule has 0 spiro atoms. The van der Waals surface area contributed by atoms with Gasteiger partial charge in [0.1, 0.15) is 6.07 Å². The number of rotatable bonds is 6. The highest BCUT2D eigenvalue weighted by atomic mass is 32.2. The molecular weight excluding hydrogens is 340 g/mol. The average molecular weight is 358 g/mol. The molecule has 0 aromatic heterocycles. The van der Waals surface area contributed by atoms with Crippen LogP contribution in [0.25, 0.3) is 0 Å². The lowest BCUT2D eigenvalue weighted by Gasteiger charge is -2.12. The van der Waals surface area contributed by atoms with Crippen molar-refractivity contribution in [1.82, 2.24) is 4.72 Å². The van der Waals surface area contributed by atoms with Crippen LogP contribution in [0.1, 0.15) is 28.4 Å². The molecule has 7 heteroatoms. The van der Waals surface area contributed by atoms with Gasteiger partial charge in [-0.25, -0.2) is 17.9 Å². The summed E-state index contributed by atoms with van der Waals surface area (Å²) >= 11 is 0. The van der Waals surface area contributed by atoms with Crippen molar-refractivity contribution in [3.05, 3.63) is 65.2 Å². The second kappa shape index (κ2) is 7.92. The number of ether oxygens (including phenoxy) is 1. The second-order valence-corrected chi connectivity index (χ2v) is 7.20. The number of hydrogen-bond donors (Lipinski definition) is 1. The van der Waals surface area contributed by atoms with E-state index in [2.05, 4.69) is 4.72 Å². The summed E-state index contributed by atoms with van der Waals surface area (Å²) in [5, 5.41) is 8.70. The van der Waals surface area contributed by atoms with Gasteiger partial charge in [-0.1, -0.05) is 36.4 Å². The highest BCUT2D eigenvalue weighted by Crippen LogP contribution is 2.18. The zero-order chi connectivity index (χ0) is 18.4. The molecule has 1 N–H and O–H groups in total. The molecule has 0 saturated carbocycles. The summed E-state index contributed by atoms with van der Waals surface area (Å²) < 4.78 is 32.6. The SMILES string of the molecule is Cc1ccc(C(=O)O[C@H](C)C#N)cc1S(=O)(=O)NCc1ccccc1. The first-order valence-corrected chi connectivity index (χ1v) is 9.06. The van der Waals surface area contributed by atoms with Gasteiger partial charge in [0, 0.05) is 6.54 Å². The smallest absolute Gasteiger partial charge is 0.339 e. The molecule has 0 fully saturated rings. The number of esters is 1. The quantitative estimate of drug-likeness (QED) is 0.801. The topological polar surface area (TPSA) is 96.3 Å². The van der Waals surface area contributed by atoms with Crippen molar-refractivity contribution in [1.29, 1.82) is 5.26 Å². The van der Waals surface area contributed by atoms with Crippen LogP contribution in [0.3, 0.4) is 0 Å². The lowest BCUT2D eigenvalue weighted by Crippen LogP contribution is -2.24. The van der Waals surface area contributed by atoms with Crippen LogP contribution in [0.15, 0.2) is 53.4 Å². The molecule has 0 unspecified atom stereocenters. The fourth-order valence-electron chi connectivity index (χ4n) is 2.12. The number of carbonyl (C=O) groups excluding carboxylic acids is 1. The number of aryl methyl sites for hydroxylation is 1. The molecule has 0 radical (unpaired) electrons. The summed E-state index contributed by atoms with van der Waals surface area (Å²) in [5.41, 5.74) is 1.40. The van der Waals surface area contributed by atoms with Gasteiger partial charge in [-0.15, -0.1) is 0 Å². The van der Waals surface area contributed by atoms with Crippen LogP contribution in [0.5, 0.6) is 0 Å². The lowest BCUT2D eigenvalue weighted by molar-refractivity contribution is 0.0435. The standard InChI is InChI=1S/C18H18N2O4S/c1-13-8-9-16(18(21)24-14(2)11-19)10-17(13)25(22,23)20-12-15-6-4-3-5-7-15/h3-10,14,20H,12H2,1-2H3/t14-/m1/s1. The van der Waals surface area contributed by atoms with Gasteiger partial charge in [0.15, 0.2) is 6.10 Å². The third-order valence-corrected chi connectivity index (χ3v) is 5.03. The second-order valence-electron chi connectivity index (χ2n) is 5.47. The first-order valence-electron chi connectivity index (χ1n) is 7.58. The summed E-state index contributed by atoms with van der Waals surface area (Å²) in [6.45, 7) is 3.22. The monoisotopic (exact) mass is 358 g/mol. The molecule has 0 heterocycles. The number of nitrogens with zero attached hydrogens (tertiary/aromatic N) is 1. The number of nitriles is 1. The van der Waals surface area contributed by atoms with Crippen molar-refractivity contribution < 1.29 is 17.9 Å². The van der Waals surface area contributed by atoms with Gasteiger partial charge in [0.25, 0.3) is 0 Å². The van der Waals surface area contributed by atoms with Gasteiger partial charge in [-0.05, 0) is 37.1 Å². The Balaban J connectivity index is 2.23. The van der Waals surface area contributed by atoms with E-state index >= 15 is 0 Å². The normalized spacial score (nSPS) is 12.2. The van der Waals surface area contributed by atoms with E-state index in [4.69, 9.17) is 10.00 Å². The summed E-state index contributed by atoms with van der Waals surface area (Å²) in [5.74, 6) is -0.742. The van der Waals surface area contributed by atoms with Crippen LogP contribution >= 0.6 is 0 Å². The third kappa shape index (κ3) is 4.89. The van der Waals surface area contributed by atoms with Crippen LogP contribution in [0.2, 0.25) is 0 Å². The van der Waals surface area contributed by atoms with Gasteiger partial charge >= 0.3 is 5.97 Å². The van der Waals surface area contributed by atoms with Gasteiger partial charge in [0.2, 0.25) is 10.0 Å². The Bertz CT molecular complexity index is 902. The Labute approximate surface area is 147 Å². The van der Waals surface area contributed by atoms with Crippen LogP contribution in [0.4, 0.5) is 0 Å². The Morgan fingerprint density at radius 2 is 1.92 bits per heavy atom. The van der Waals surface area contributed by atoms with Crippen LogP contribution in [0, 0.1) is 18.3 Å². The summed E-state index contributed by atoms with van der Waals surface area (Å²) in [4.78, 5) is 12.0. The molecule has 0 aliphatic rings. The van der Waals surface area contributed by atoms with E-state index in [0.717, 1.165) is 5.56 Å². The minimum absolute atomic E-state index is 0.00231. The Hall–Kier alpha value is -2.69. The molecule has 2 aromatic carbocycles. The van der Waals surface area contributed by atoms with Crippen molar-refractivity contribution in [2.24, 2.45) is 0 Å². The Kier molecular flexibility index (Phi) is 5.91. The highest BCUT2D eigenvalue weighted by Gasteiger charge is 2.20. The fourth-order valence-corrected chi connectivity index (χ4v) is 3.41. The van der Waals surface area contributed by atoms with E-state index in [0.29, 0.717) is 5.56 Å².